The Morgan fingerprint density at radius 1 is 1.73 bits per heavy atom. The van der Waals surface area contributed by atoms with Crippen LogP contribution in [-0.4, -0.2) is 10.1 Å². The summed E-state index contributed by atoms with van der Waals surface area (Å²) >= 11 is 0. The number of rotatable bonds is 2. The van der Waals surface area contributed by atoms with Gasteiger partial charge in [0.1, 0.15) is 0 Å². The van der Waals surface area contributed by atoms with Crippen LogP contribution < -0.4 is 11.5 Å². The fourth-order valence-electron chi connectivity index (χ4n) is 0.612. The van der Waals surface area contributed by atoms with Crippen LogP contribution in [0, 0.1) is 12.3 Å². The summed E-state index contributed by atoms with van der Waals surface area (Å²) in [5.74, 6) is 2.74. The average molecular weight is 152 g/mol. The number of aromatic nitrogens is 2. The lowest BCUT2D eigenvalue weighted by Gasteiger charge is -1.98. The van der Waals surface area contributed by atoms with Crippen LogP contribution in [0.2, 0.25) is 0 Å². The molecule has 0 radical (unpaired) electrons. The van der Waals surface area contributed by atoms with Crippen molar-refractivity contribution in [2.24, 2.45) is 5.73 Å². The number of nitrogens with two attached hydrogens (primary N) is 2. The zero-order valence-corrected chi connectivity index (χ0v) is 5.82. The topological polar surface area (TPSA) is 91.0 Å². The molecule has 11 heavy (non-hydrogen) atoms. The molecule has 4 N–H and O–H groups in total. The predicted molar refractivity (Wildman–Crippen MR) is 39.1 cm³/mol. The Bertz CT molecular complexity index is 274. The Labute approximate surface area is 63.8 Å². The first-order chi connectivity index (χ1) is 5.24. The molecule has 0 aromatic carbocycles. The highest BCUT2D eigenvalue weighted by molar-refractivity contribution is 5.12. The molecule has 0 saturated heterocycles. The molecular formula is C6H8N4O. The fraction of sp³-hybridized carbons (Fsp3) is 0.333. The highest BCUT2D eigenvalue weighted by Gasteiger charge is 2.11. The van der Waals surface area contributed by atoms with E-state index in [0.29, 0.717) is 6.42 Å². The number of nitrogens with zero attached hydrogens (tertiary/aromatic N) is 2. The van der Waals surface area contributed by atoms with E-state index in [2.05, 4.69) is 20.6 Å². The monoisotopic (exact) mass is 152 g/mol. The quantitative estimate of drug-likeness (QED) is 0.566. The number of hydrogen-bond donors (Lipinski definition) is 2. The van der Waals surface area contributed by atoms with E-state index in [4.69, 9.17) is 17.9 Å². The van der Waals surface area contributed by atoms with Gasteiger partial charge in [-0.1, -0.05) is 0 Å². The molecule has 1 atom stereocenters. The van der Waals surface area contributed by atoms with Crippen molar-refractivity contribution in [3.8, 4) is 12.3 Å². The number of terminal acetylenes is 1. The molecule has 1 heterocycles. The van der Waals surface area contributed by atoms with Gasteiger partial charge in [0.2, 0.25) is 5.89 Å². The van der Waals surface area contributed by atoms with Crippen LogP contribution in [0.5, 0.6) is 0 Å². The van der Waals surface area contributed by atoms with E-state index in [1.54, 1.807) is 0 Å². The highest BCUT2D eigenvalue weighted by Crippen LogP contribution is 2.10. The van der Waals surface area contributed by atoms with Crippen molar-refractivity contribution in [2.45, 2.75) is 12.5 Å². The summed E-state index contributed by atoms with van der Waals surface area (Å²) in [6.07, 6.45) is 5.39. The summed E-state index contributed by atoms with van der Waals surface area (Å²) in [5.41, 5.74) is 10.7. The Hall–Kier alpha value is -1.54. The van der Waals surface area contributed by atoms with Crippen LogP contribution >= 0.6 is 0 Å². The maximum absolute atomic E-state index is 5.52. The predicted octanol–water partition coefficient (Wildman–Crippen LogP) is -0.325. The smallest absolute Gasteiger partial charge is 0.260 e. The minimum Gasteiger partial charge on any atom is -0.365 e. The lowest BCUT2D eigenvalue weighted by Crippen LogP contribution is -2.09. The van der Waals surface area contributed by atoms with Gasteiger partial charge in [0, 0.05) is 6.42 Å². The van der Waals surface area contributed by atoms with Crippen LogP contribution in [0.15, 0.2) is 4.52 Å². The van der Waals surface area contributed by atoms with Crippen LogP contribution in [0.25, 0.3) is 0 Å². The average Bonchev–Trinajstić information content (AvgIpc) is 2.36. The van der Waals surface area contributed by atoms with Gasteiger partial charge >= 0.3 is 0 Å². The second-order valence-electron chi connectivity index (χ2n) is 2.01. The molecule has 1 aromatic heterocycles. The molecule has 0 aliphatic carbocycles. The van der Waals surface area contributed by atoms with Gasteiger partial charge in [-0.05, 0) is 5.16 Å². The van der Waals surface area contributed by atoms with E-state index in [-0.39, 0.29) is 11.8 Å². The second kappa shape index (κ2) is 3.03. The van der Waals surface area contributed by atoms with Crippen molar-refractivity contribution in [1.29, 1.82) is 0 Å². The van der Waals surface area contributed by atoms with Crippen molar-refractivity contribution in [3.05, 3.63) is 5.89 Å². The van der Waals surface area contributed by atoms with E-state index in [1.165, 1.54) is 0 Å². The molecule has 0 spiro atoms. The van der Waals surface area contributed by atoms with Crippen molar-refractivity contribution >= 4 is 5.95 Å². The van der Waals surface area contributed by atoms with Gasteiger partial charge in [-0.25, -0.2) is 0 Å². The minimum absolute atomic E-state index is 0.0764. The molecule has 1 unspecified atom stereocenters. The lowest BCUT2D eigenvalue weighted by atomic mass is 10.2. The zero-order valence-electron chi connectivity index (χ0n) is 5.82. The van der Waals surface area contributed by atoms with Crippen LogP contribution in [-0.2, 0) is 0 Å². The Morgan fingerprint density at radius 2 is 2.45 bits per heavy atom. The highest BCUT2D eigenvalue weighted by atomic mass is 16.5. The molecule has 0 amide bonds. The summed E-state index contributed by atoms with van der Waals surface area (Å²) in [7, 11) is 0. The molecule has 0 fully saturated rings. The molecule has 0 bridgehead atoms. The van der Waals surface area contributed by atoms with Gasteiger partial charge in [-0.3, -0.25) is 0 Å². The van der Waals surface area contributed by atoms with Gasteiger partial charge < -0.3 is 16.0 Å². The summed E-state index contributed by atoms with van der Waals surface area (Å²) in [4.78, 5) is 3.71. The number of hydrogen-bond acceptors (Lipinski definition) is 5. The molecule has 0 saturated carbocycles. The molecule has 58 valence electrons. The van der Waals surface area contributed by atoms with E-state index >= 15 is 0 Å². The van der Waals surface area contributed by atoms with Crippen molar-refractivity contribution < 1.29 is 4.52 Å². The first kappa shape index (κ1) is 7.57. The first-order valence-electron chi connectivity index (χ1n) is 3.02. The van der Waals surface area contributed by atoms with Gasteiger partial charge in [-0.15, -0.1) is 12.3 Å². The summed E-state index contributed by atoms with van der Waals surface area (Å²) < 4.78 is 4.67. The normalized spacial score (nSPS) is 12.4. The van der Waals surface area contributed by atoms with Crippen molar-refractivity contribution in [2.75, 3.05) is 5.73 Å². The van der Waals surface area contributed by atoms with Crippen LogP contribution in [0.4, 0.5) is 5.95 Å². The van der Waals surface area contributed by atoms with Crippen molar-refractivity contribution in [1.82, 2.24) is 10.1 Å². The Kier molecular flexibility index (Phi) is 2.09. The first-order valence-corrected chi connectivity index (χ1v) is 3.02. The van der Waals surface area contributed by atoms with Gasteiger partial charge in [0.05, 0.1) is 6.04 Å². The maximum atomic E-state index is 5.52. The van der Waals surface area contributed by atoms with Crippen LogP contribution in [0.1, 0.15) is 18.4 Å². The Balaban J connectivity index is 2.70. The molecule has 1 aromatic rings. The Morgan fingerprint density at radius 3 is 2.91 bits per heavy atom. The van der Waals surface area contributed by atoms with Crippen LogP contribution in [0.3, 0.4) is 0 Å². The second-order valence-corrected chi connectivity index (χ2v) is 2.01. The third-order valence-corrected chi connectivity index (χ3v) is 1.11. The molecule has 0 aliphatic rings. The van der Waals surface area contributed by atoms with E-state index in [0.717, 1.165) is 0 Å². The van der Waals surface area contributed by atoms with Crippen molar-refractivity contribution in [3.63, 3.8) is 0 Å². The minimum atomic E-state index is -0.412. The zero-order chi connectivity index (χ0) is 8.27. The van der Waals surface area contributed by atoms with Gasteiger partial charge in [0.25, 0.3) is 5.95 Å². The molecule has 1 rings (SSSR count). The lowest BCUT2D eigenvalue weighted by molar-refractivity contribution is 0.357. The summed E-state index contributed by atoms with van der Waals surface area (Å²) in [5, 5.41) is 3.36. The standard InChI is InChI=1S/C6H8N4O/c1-2-3-4(7)5-9-6(8)10-11-5/h1,4H,3,7H2,(H2,8,10). The number of anilines is 1. The van der Waals surface area contributed by atoms with E-state index < -0.39 is 6.04 Å². The molecular weight excluding hydrogens is 144 g/mol. The fourth-order valence-corrected chi connectivity index (χ4v) is 0.612. The summed E-state index contributed by atoms with van der Waals surface area (Å²) in [6, 6.07) is -0.412. The van der Waals surface area contributed by atoms with E-state index in [9.17, 15) is 0 Å². The third-order valence-electron chi connectivity index (χ3n) is 1.11. The SMILES string of the molecule is C#CCC(N)c1nc(N)no1. The maximum Gasteiger partial charge on any atom is 0.260 e. The molecule has 5 nitrogen and oxygen atoms in total. The van der Waals surface area contributed by atoms with E-state index in [1.807, 2.05) is 0 Å². The largest absolute Gasteiger partial charge is 0.365 e. The molecule has 0 aliphatic heterocycles. The number of nitrogen functional groups attached to an aromatic ring is 1. The van der Waals surface area contributed by atoms with Gasteiger partial charge in [0.15, 0.2) is 0 Å². The third kappa shape index (κ3) is 1.69. The molecule has 5 heteroatoms. The van der Waals surface area contributed by atoms with Gasteiger partial charge in [-0.2, -0.15) is 4.98 Å². The summed E-state index contributed by atoms with van der Waals surface area (Å²) in [6.45, 7) is 0.